The summed E-state index contributed by atoms with van der Waals surface area (Å²) in [6.45, 7) is 9.20. The Bertz CT molecular complexity index is 1310. The van der Waals surface area contributed by atoms with Gasteiger partial charge in [0, 0.05) is 69.3 Å². The van der Waals surface area contributed by atoms with Gasteiger partial charge >= 0.3 is 6.18 Å². The minimum Gasteiger partial charge on any atom is -0.368 e. The number of anilines is 1. The van der Waals surface area contributed by atoms with Crippen LogP contribution in [-0.4, -0.2) is 101 Å². The van der Waals surface area contributed by atoms with E-state index in [1.807, 2.05) is 4.90 Å². The molecule has 1 aromatic carbocycles. The number of rotatable bonds is 5. The van der Waals surface area contributed by atoms with Crippen molar-refractivity contribution in [3.8, 4) is 0 Å². The lowest BCUT2D eigenvalue weighted by molar-refractivity contribution is -0.148. The monoisotopic (exact) mass is 558 g/mol. The van der Waals surface area contributed by atoms with Gasteiger partial charge in [-0.2, -0.15) is 18.3 Å². The topological polar surface area (TPSA) is 64.9 Å². The van der Waals surface area contributed by atoms with Crippen molar-refractivity contribution in [2.45, 2.75) is 45.8 Å². The predicted molar refractivity (Wildman–Crippen MR) is 144 cm³/mol. The van der Waals surface area contributed by atoms with Gasteiger partial charge in [-0.15, -0.1) is 0 Å². The van der Waals surface area contributed by atoms with Crippen molar-refractivity contribution in [1.82, 2.24) is 24.5 Å². The van der Waals surface area contributed by atoms with Crippen molar-refractivity contribution in [1.29, 1.82) is 0 Å². The number of nitrogens with zero attached hydrogens (tertiary/aromatic N) is 6. The van der Waals surface area contributed by atoms with Crippen molar-refractivity contribution >= 4 is 17.5 Å². The highest BCUT2D eigenvalue weighted by atomic mass is 19.4. The maximum Gasteiger partial charge on any atom is 0.401 e. The Morgan fingerprint density at radius 1 is 0.975 bits per heavy atom. The Morgan fingerprint density at radius 3 is 2.33 bits per heavy atom. The molecule has 40 heavy (non-hydrogen) atoms. The standard InChI is InChI=1S/C29H37F3N6O2/c1-18-5-4-6-22(19(18)2)35-11-13-36(14-12-35)24(39)16-38-23-15-21-20(3)25(21)26(23)27(33-38)28(40)37-9-7-34(8-10-37)17-29(30,31)32/h4-6,20-21,25H,7-17H2,1-3H3. The van der Waals surface area contributed by atoms with Gasteiger partial charge in [-0.3, -0.25) is 19.2 Å². The first-order valence-electron chi connectivity index (χ1n) is 14.3. The van der Waals surface area contributed by atoms with Gasteiger partial charge in [-0.25, -0.2) is 0 Å². The fourth-order valence-corrected chi connectivity index (χ4v) is 6.94. The summed E-state index contributed by atoms with van der Waals surface area (Å²) >= 11 is 0. The molecule has 2 saturated heterocycles. The molecule has 0 radical (unpaired) electrons. The van der Waals surface area contributed by atoms with Crippen LogP contribution in [0.5, 0.6) is 0 Å². The molecule has 2 aromatic rings. The maximum absolute atomic E-state index is 13.6. The van der Waals surface area contributed by atoms with E-state index in [2.05, 4.69) is 49.0 Å². The van der Waals surface area contributed by atoms with Crippen molar-refractivity contribution in [2.75, 3.05) is 63.8 Å². The molecule has 0 N–H and O–H groups in total. The van der Waals surface area contributed by atoms with E-state index in [4.69, 9.17) is 0 Å². The molecule has 3 atom stereocenters. The van der Waals surface area contributed by atoms with Gasteiger partial charge < -0.3 is 14.7 Å². The number of carbonyl (C=O) groups is 2. The molecule has 3 heterocycles. The maximum atomic E-state index is 13.6. The van der Waals surface area contributed by atoms with E-state index in [0.29, 0.717) is 30.6 Å². The second-order valence-corrected chi connectivity index (χ2v) is 11.9. The second kappa shape index (κ2) is 10.1. The minimum absolute atomic E-state index is 0.000648. The third kappa shape index (κ3) is 4.97. The first-order valence-corrected chi connectivity index (χ1v) is 14.3. The molecular weight excluding hydrogens is 521 g/mol. The Kier molecular flexibility index (Phi) is 6.83. The molecule has 2 aliphatic heterocycles. The molecule has 0 bridgehead atoms. The highest BCUT2D eigenvalue weighted by molar-refractivity contribution is 5.95. The van der Waals surface area contributed by atoms with Crippen molar-refractivity contribution in [3.63, 3.8) is 0 Å². The summed E-state index contributed by atoms with van der Waals surface area (Å²) in [5.74, 6) is 1.01. The zero-order valence-corrected chi connectivity index (χ0v) is 23.4. The minimum atomic E-state index is -4.25. The number of aromatic nitrogens is 2. The Labute approximate surface area is 232 Å². The summed E-state index contributed by atoms with van der Waals surface area (Å²) in [6.07, 6.45) is -3.43. The highest BCUT2D eigenvalue weighted by Gasteiger charge is 2.56. The molecule has 8 nitrogen and oxygen atoms in total. The number of halogens is 3. The summed E-state index contributed by atoms with van der Waals surface area (Å²) < 4.78 is 40.1. The Morgan fingerprint density at radius 2 is 1.65 bits per heavy atom. The fourth-order valence-electron chi connectivity index (χ4n) is 6.94. The average Bonchev–Trinajstić information content (AvgIpc) is 3.22. The Hall–Kier alpha value is -3.08. The lowest BCUT2D eigenvalue weighted by atomic mass is 10.1. The van der Waals surface area contributed by atoms with E-state index in [1.54, 1.807) is 9.58 Å². The van der Waals surface area contributed by atoms with Gasteiger partial charge in [0.1, 0.15) is 6.54 Å². The number of alkyl halides is 3. The number of fused-ring (bicyclic) bond motifs is 3. The quantitative estimate of drug-likeness (QED) is 0.565. The van der Waals surface area contributed by atoms with Crippen LogP contribution in [0.25, 0.3) is 0 Å². The van der Waals surface area contributed by atoms with Gasteiger partial charge in [-0.05, 0) is 55.2 Å². The number of aryl methyl sites for hydroxylation is 1. The summed E-state index contributed by atoms with van der Waals surface area (Å²) in [5.41, 5.74) is 6.07. The van der Waals surface area contributed by atoms with E-state index in [-0.39, 0.29) is 50.5 Å². The molecular formula is C29H37F3N6O2. The van der Waals surface area contributed by atoms with Gasteiger partial charge in [0.05, 0.1) is 6.54 Å². The summed E-state index contributed by atoms with van der Waals surface area (Å²) in [7, 11) is 0. The van der Waals surface area contributed by atoms with Gasteiger partial charge in [-0.1, -0.05) is 19.1 Å². The molecule has 3 fully saturated rings. The number of amides is 2. The normalized spacial score (nSPS) is 24.8. The second-order valence-electron chi connectivity index (χ2n) is 11.9. The van der Waals surface area contributed by atoms with Crippen molar-refractivity contribution in [3.05, 3.63) is 46.3 Å². The number of piperazine rings is 2. The first kappa shape index (κ1) is 27.1. The van der Waals surface area contributed by atoms with E-state index in [0.717, 1.165) is 30.8 Å². The zero-order chi connectivity index (χ0) is 28.3. The van der Waals surface area contributed by atoms with Crippen LogP contribution < -0.4 is 4.90 Å². The van der Waals surface area contributed by atoms with Crippen LogP contribution in [-0.2, 0) is 17.8 Å². The van der Waals surface area contributed by atoms with Crippen LogP contribution in [0.1, 0.15) is 45.7 Å². The first-order chi connectivity index (χ1) is 19.0. The van der Waals surface area contributed by atoms with Gasteiger partial charge in [0.25, 0.3) is 5.91 Å². The number of hydrogen-bond donors (Lipinski definition) is 0. The Balaban J connectivity index is 1.12. The van der Waals surface area contributed by atoms with E-state index in [9.17, 15) is 22.8 Å². The van der Waals surface area contributed by atoms with Crippen LogP contribution in [0.15, 0.2) is 18.2 Å². The molecule has 216 valence electrons. The van der Waals surface area contributed by atoms with Crippen LogP contribution in [0.2, 0.25) is 0 Å². The molecule has 1 aromatic heterocycles. The third-order valence-corrected chi connectivity index (χ3v) is 9.52. The molecule has 2 aliphatic carbocycles. The van der Waals surface area contributed by atoms with E-state index < -0.39 is 12.7 Å². The number of carbonyl (C=O) groups excluding carboxylic acids is 2. The SMILES string of the molecule is Cc1cccc(N2CCN(C(=O)Cn3nc(C(=O)N4CCN(CC(F)(F)F)CC4)c4c3CC3C(C)C43)CC2)c1C. The molecule has 3 unspecified atom stereocenters. The summed E-state index contributed by atoms with van der Waals surface area (Å²) in [5, 5.41) is 4.69. The van der Waals surface area contributed by atoms with Crippen LogP contribution in [0.4, 0.5) is 18.9 Å². The van der Waals surface area contributed by atoms with Crippen molar-refractivity contribution < 1.29 is 22.8 Å². The zero-order valence-electron chi connectivity index (χ0n) is 23.4. The molecule has 1 saturated carbocycles. The van der Waals surface area contributed by atoms with Gasteiger partial charge in [0.15, 0.2) is 5.69 Å². The number of hydrogen-bond acceptors (Lipinski definition) is 5. The van der Waals surface area contributed by atoms with Crippen LogP contribution >= 0.6 is 0 Å². The van der Waals surface area contributed by atoms with E-state index >= 15 is 0 Å². The molecule has 6 rings (SSSR count). The van der Waals surface area contributed by atoms with Gasteiger partial charge in [0.2, 0.25) is 5.91 Å². The van der Waals surface area contributed by atoms with Crippen molar-refractivity contribution in [2.24, 2.45) is 11.8 Å². The molecule has 4 aliphatic rings. The summed E-state index contributed by atoms with van der Waals surface area (Å²) in [4.78, 5) is 34.1. The van der Waals surface area contributed by atoms with Crippen LogP contribution in [0.3, 0.4) is 0 Å². The highest BCUT2D eigenvalue weighted by Crippen LogP contribution is 2.62. The average molecular weight is 559 g/mol. The lowest BCUT2D eigenvalue weighted by Gasteiger charge is -2.37. The number of benzene rings is 1. The molecule has 0 spiro atoms. The van der Waals surface area contributed by atoms with Crippen LogP contribution in [0, 0.1) is 25.7 Å². The molecule has 2 amide bonds. The lowest BCUT2D eigenvalue weighted by Crippen LogP contribution is -2.51. The predicted octanol–water partition coefficient (Wildman–Crippen LogP) is 3.07. The summed E-state index contributed by atoms with van der Waals surface area (Å²) in [6, 6.07) is 6.31. The largest absolute Gasteiger partial charge is 0.401 e. The van der Waals surface area contributed by atoms with E-state index in [1.165, 1.54) is 21.7 Å². The smallest absolute Gasteiger partial charge is 0.368 e. The third-order valence-electron chi connectivity index (χ3n) is 9.52. The fraction of sp³-hybridized carbons (Fsp3) is 0.621. The molecule has 11 heteroatoms.